The van der Waals surface area contributed by atoms with Crippen LogP contribution in [0.4, 0.5) is 0 Å². The second-order valence-corrected chi connectivity index (χ2v) is 9.14. The van der Waals surface area contributed by atoms with Crippen LogP contribution in [0.5, 0.6) is 0 Å². The molecule has 0 N–H and O–H groups in total. The summed E-state index contributed by atoms with van der Waals surface area (Å²) in [6, 6.07) is 9.41. The van der Waals surface area contributed by atoms with Gasteiger partial charge >= 0.3 is 0 Å². The first-order valence-electron chi connectivity index (χ1n) is 9.69. The Hall–Kier alpha value is -2.65. The Morgan fingerprint density at radius 3 is 1.93 bits per heavy atom. The Bertz CT molecular complexity index is 972. The highest BCUT2D eigenvalue weighted by molar-refractivity contribution is 7.89. The summed E-state index contributed by atoms with van der Waals surface area (Å²) >= 11 is 0. The topological polar surface area (TPSA) is 91.1 Å². The number of hydrogen-bond donors (Lipinski definition) is 0. The van der Waals surface area contributed by atoms with Crippen LogP contribution in [-0.4, -0.2) is 73.6 Å². The molecule has 0 bridgehead atoms. The lowest BCUT2D eigenvalue weighted by Crippen LogP contribution is -2.50. The van der Waals surface area contributed by atoms with Gasteiger partial charge in [0.2, 0.25) is 10.0 Å². The fourth-order valence-corrected chi connectivity index (χ4v) is 5.22. The van der Waals surface area contributed by atoms with Gasteiger partial charge in [0.05, 0.1) is 11.2 Å². The minimum atomic E-state index is -3.49. The van der Waals surface area contributed by atoms with Gasteiger partial charge in [-0.3, -0.25) is 9.59 Å². The SMILES string of the molecule is O=C(c1ccc(S(=O)(=O)N2CCCC2)cc1)N1CCN(C(=O)c2ccco2)CC1. The average Bonchev–Trinajstić information content (AvgIpc) is 3.47. The van der Waals surface area contributed by atoms with Gasteiger partial charge in [0.15, 0.2) is 5.76 Å². The maximum atomic E-state index is 12.8. The van der Waals surface area contributed by atoms with Crippen LogP contribution in [0, 0.1) is 0 Å². The third kappa shape index (κ3) is 3.92. The molecule has 2 aromatic rings. The molecular weight excluding hydrogens is 394 g/mol. The fraction of sp³-hybridized carbons (Fsp3) is 0.400. The predicted molar refractivity (Wildman–Crippen MR) is 105 cm³/mol. The largest absolute Gasteiger partial charge is 0.459 e. The maximum Gasteiger partial charge on any atom is 0.289 e. The van der Waals surface area contributed by atoms with Crippen molar-refractivity contribution in [3.63, 3.8) is 0 Å². The molecule has 2 saturated heterocycles. The van der Waals surface area contributed by atoms with E-state index in [2.05, 4.69) is 0 Å². The van der Waals surface area contributed by atoms with Crippen molar-refractivity contribution < 1.29 is 22.4 Å². The number of hydrogen-bond acceptors (Lipinski definition) is 5. The normalized spacial score (nSPS) is 18.2. The van der Waals surface area contributed by atoms with Crippen LogP contribution in [0.2, 0.25) is 0 Å². The Labute approximate surface area is 169 Å². The Morgan fingerprint density at radius 2 is 1.38 bits per heavy atom. The molecule has 2 amide bonds. The van der Waals surface area contributed by atoms with Crippen molar-refractivity contribution in [2.24, 2.45) is 0 Å². The number of benzene rings is 1. The lowest BCUT2D eigenvalue weighted by molar-refractivity contribution is 0.0518. The van der Waals surface area contributed by atoms with E-state index in [9.17, 15) is 18.0 Å². The number of sulfonamides is 1. The van der Waals surface area contributed by atoms with Crippen LogP contribution in [0.15, 0.2) is 52.0 Å². The lowest BCUT2D eigenvalue weighted by atomic mass is 10.2. The van der Waals surface area contributed by atoms with E-state index < -0.39 is 10.0 Å². The third-order valence-corrected chi connectivity index (χ3v) is 7.30. The smallest absolute Gasteiger partial charge is 0.289 e. The first-order valence-corrected chi connectivity index (χ1v) is 11.1. The van der Waals surface area contributed by atoms with E-state index in [0.717, 1.165) is 12.8 Å². The first-order chi connectivity index (χ1) is 14.0. The maximum absolute atomic E-state index is 12.8. The lowest BCUT2D eigenvalue weighted by Gasteiger charge is -2.34. The van der Waals surface area contributed by atoms with E-state index in [1.807, 2.05) is 0 Å². The molecule has 0 radical (unpaired) electrons. The number of piperazine rings is 1. The zero-order valence-electron chi connectivity index (χ0n) is 16.0. The van der Waals surface area contributed by atoms with Crippen LogP contribution in [0.1, 0.15) is 33.8 Å². The van der Waals surface area contributed by atoms with Gasteiger partial charge in [-0.25, -0.2) is 8.42 Å². The van der Waals surface area contributed by atoms with E-state index >= 15 is 0 Å². The van der Waals surface area contributed by atoms with E-state index in [1.54, 1.807) is 34.1 Å². The predicted octanol–water partition coefficient (Wildman–Crippen LogP) is 1.66. The van der Waals surface area contributed by atoms with Crippen LogP contribution in [-0.2, 0) is 10.0 Å². The van der Waals surface area contributed by atoms with Gasteiger partial charge in [0.1, 0.15) is 0 Å². The molecule has 1 aromatic heterocycles. The minimum absolute atomic E-state index is 0.166. The van der Waals surface area contributed by atoms with Gasteiger partial charge in [-0.05, 0) is 49.2 Å². The number of amides is 2. The van der Waals surface area contributed by atoms with Crippen LogP contribution < -0.4 is 0 Å². The number of carbonyl (C=O) groups excluding carboxylic acids is 2. The zero-order chi connectivity index (χ0) is 20.4. The Kier molecular flexibility index (Phi) is 5.42. The fourth-order valence-electron chi connectivity index (χ4n) is 3.70. The molecule has 0 aliphatic carbocycles. The summed E-state index contributed by atoms with van der Waals surface area (Å²) in [6.07, 6.45) is 3.22. The Balaban J connectivity index is 1.38. The van der Waals surface area contributed by atoms with Crippen molar-refractivity contribution in [3.05, 3.63) is 54.0 Å². The molecule has 8 nitrogen and oxygen atoms in total. The van der Waals surface area contributed by atoms with Crippen molar-refractivity contribution in [1.29, 1.82) is 0 Å². The van der Waals surface area contributed by atoms with Crippen molar-refractivity contribution in [2.75, 3.05) is 39.3 Å². The van der Waals surface area contributed by atoms with Gasteiger partial charge in [0, 0.05) is 44.8 Å². The molecule has 0 unspecified atom stereocenters. The quantitative estimate of drug-likeness (QED) is 0.755. The summed E-state index contributed by atoms with van der Waals surface area (Å²) < 4.78 is 31.8. The molecule has 2 fully saturated rings. The minimum Gasteiger partial charge on any atom is -0.459 e. The summed E-state index contributed by atoms with van der Waals surface area (Å²) in [7, 11) is -3.49. The number of nitrogens with zero attached hydrogens (tertiary/aromatic N) is 3. The summed E-state index contributed by atoms with van der Waals surface area (Å²) in [5.74, 6) is -0.0571. The Morgan fingerprint density at radius 1 is 0.793 bits per heavy atom. The molecule has 154 valence electrons. The van der Waals surface area contributed by atoms with E-state index in [1.165, 1.54) is 22.7 Å². The molecule has 2 aliphatic rings. The summed E-state index contributed by atoms with van der Waals surface area (Å²) in [6.45, 7) is 2.77. The van der Waals surface area contributed by atoms with Crippen LogP contribution in [0.25, 0.3) is 0 Å². The second-order valence-electron chi connectivity index (χ2n) is 7.20. The van der Waals surface area contributed by atoms with Crippen LogP contribution >= 0.6 is 0 Å². The molecular formula is C20H23N3O5S. The van der Waals surface area contributed by atoms with Gasteiger partial charge < -0.3 is 14.2 Å². The molecule has 4 rings (SSSR count). The highest BCUT2D eigenvalue weighted by atomic mass is 32.2. The monoisotopic (exact) mass is 417 g/mol. The zero-order valence-corrected chi connectivity index (χ0v) is 16.8. The van der Waals surface area contributed by atoms with Gasteiger partial charge in [-0.2, -0.15) is 4.31 Å². The molecule has 1 aromatic carbocycles. The van der Waals surface area contributed by atoms with Crippen molar-refractivity contribution in [1.82, 2.24) is 14.1 Å². The molecule has 3 heterocycles. The van der Waals surface area contributed by atoms with Crippen molar-refractivity contribution >= 4 is 21.8 Å². The summed E-state index contributed by atoms with van der Waals surface area (Å²) in [4.78, 5) is 28.6. The van der Waals surface area contributed by atoms with E-state index in [-0.39, 0.29) is 16.7 Å². The van der Waals surface area contributed by atoms with E-state index in [0.29, 0.717) is 50.6 Å². The second kappa shape index (κ2) is 8.00. The first kappa shape index (κ1) is 19.7. The average molecular weight is 417 g/mol. The van der Waals surface area contributed by atoms with Crippen LogP contribution in [0.3, 0.4) is 0 Å². The molecule has 9 heteroatoms. The highest BCUT2D eigenvalue weighted by Crippen LogP contribution is 2.21. The van der Waals surface area contributed by atoms with Gasteiger partial charge in [-0.1, -0.05) is 0 Å². The van der Waals surface area contributed by atoms with Crippen molar-refractivity contribution in [2.45, 2.75) is 17.7 Å². The highest BCUT2D eigenvalue weighted by Gasteiger charge is 2.29. The van der Waals surface area contributed by atoms with E-state index in [4.69, 9.17) is 4.42 Å². The molecule has 0 saturated carbocycles. The molecule has 29 heavy (non-hydrogen) atoms. The number of furan rings is 1. The molecule has 2 aliphatic heterocycles. The standard InChI is InChI=1S/C20H23N3O5S/c24-19(21-11-13-22(14-12-21)20(25)18-4-3-15-28-18)16-5-7-17(8-6-16)29(26,27)23-9-1-2-10-23/h3-8,15H,1-2,9-14H2. The van der Waals surface area contributed by atoms with Gasteiger partial charge in [0.25, 0.3) is 11.8 Å². The van der Waals surface area contributed by atoms with Crippen molar-refractivity contribution in [3.8, 4) is 0 Å². The number of rotatable bonds is 4. The summed E-state index contributed by atoms with van der Waals surface area (Å²) in [5.41, 5.74) is 0.441. The van der Waals surface area contributed by atoms with Gasteiger partial charge in [-0.15, -0.1) is 0 Å². The third-order valence-electron chi connectivity index (χ3n) is 5.39. The molecule has 0 atom stereocenters. The number of carbonyl (C=O) groups is 2. The summed E-state index contributed by atoms with van der Waals surface area (Å²) in [5, 5.41) is 0. The molecule has 0 spiro atoms.